The first kappa shape index (κ1) is 17.2. The number of rotatable bonds is 7. The second-order valence-corrected chi connectivity index (χ2v) is 6.12. The Bertz CT molecular complexity index is 673. The van der Waals surface area contributed by atoms with E-state index in [0.29, 0.717) is 23.8 Å². The molecule has 0 aromatic heterocycles. The van der Waals surface area contributed by atoms with E-state index in [1.807, 2.05) is 43.3 Å². The third kappa shape index (κ3) is 5.21. The number of benzene rings is 2. The normalized spacial score (nSPS) is 10.2. The van der Waals surface area contributed by atoms with Crippen molar-refractivity contribution in [2.75, 3.05) is 20.0 Å². The van der Waals surface area contributed by atoms with Gasteiger partial charge in [0.15, 0.2) is 11.5 Å². The molecule has 0 saturated heterocycles. The number of nitrogens with one attached hydrogen (secondary N) is 1. The standard InChI is InChI=1S/C18H21NO3S/c1-13-5-4-6-14(9-13)11-19-18(20)12-23-15-7-8-16(21-2)17(10-15)22-3/h4-10H,11-12H2,1-3H3,(H,19,20). The van der Waals surface area contributed by atoms with Crippen molar-refractivity contribution in [3.8, 4) is 11.5 Å². The Balaban J connectivity index is 1.84. The Morgan fingerprint density at radius 3 is 2.57 bits per heavy atom. The molecule has 2 aromatic rings. The summed E-state index contributed by atoms with van der Waals surface area (Å²) in [5.74, 6) is 1.71. The molecule has 2 aromatic carbocycles. The molecule has 0 fully saturated rings. The van der Waals surface area contributed by atoms with Crippen LogP contribution in [-0.4, -0.2) is 25.9 Å². The molecule has 1 amide bonds. The molecule has 0 aliphatic carbocycles. The summed E-state index contributed by atoms with van der Waals surface area (Å²) < 4.78 is 10.5. The smallest absolute Gasteiger partial charge is 0.230 e. The molecule has 0 spiro atoms. The second kappa shape index (κ2) is 8.48. The molecule has 0 bridgehead atoms. The Kier molecular flexibility index (Phi) is 6.35. The molecule has 23 heavy (non-hydrogen) atoms. The summed E-state index contributed by atoms with van der Waals surface area (Å²) in [4.78, 5) is 12.9. The summed E-state index contributed by atoms with van der Waals surface area (Å²) in [5, 5.41) is 2.93. The first-order valence-corrected chi connectivity index (χ1v) is 8.28. The Morgan fingerprint density at radius 2 is 1.87 bits per heavy atom. The maximum Gasteiger partial charge on any atom is 0.230 e. The monoisotopic (exact) mass is 331 g/mol. The quantitative estimate of drug-likeness (QED) is 0.790. The van der Waals surface area contributed by atoms with E-state index in [0.717, 1.165) is 10.5 Å². The third-order valence-electron chi connectivity index (χ3n) is 3.30. The third-order valence-corrected chi connectivity index (χ3v) is 4.29. The predicted octanol–water partition coefficient (Wildman–Crippen LogP) is 3.42. The Hall–Kier alpha value is -2.14. The van der Waals surface area contributed by atoms with Crippen molar-refractivity contribution in [1.29, 1.82) is 0 Å². The number of thioether (sulfide) groups is 1. The minimum Gasteiger partial charge on any atom is -0.493 e. The number of aryl methyl sites for hydroxylation is 1. The van der Waals surface area contributed by atoms with Crippen LogP contribution in [0.3, 0.4) is 0 Å². The number of ether oxygens (including phenoxy) is 2. The Morgan fingerprint density at radius 1 is 1.09 bits per heavy atom. The van der Waals surface area contributed by atoms with Gasteiger partial charge in [-0.15, -0.1) is 11.8 Å². The highest BCUT2D eigenvalue weighted by Gasteiger charge is 2.07. The van der Waals surface area contributed by atoms with Crippen LogP contribution in [0, 0.1) is 6.92 Å². The van der Waals surface area contributed by atoms with Gasteiger partial charge in [-0.05, 0) is 30.7 Å². The van der Waals surface area contributed by atoms with E-state index >= 15 is 0 Å². The van der Waals surface area contributed by atoms with Gasteiger partial charge < -0.3 is 14.8 Å². The Labute approximate surface area is 141 Å². The molecule has 4 nitrogen and oxygen atoms in total. The molecule has 0 saturated carbocycles. The maximum atomic E-state index is 12.0. The summed E-state index contributed by atoms with van der Waals surface area (Å²) in [6.45, 7) is 2.59. The average Bonchev–Trinajstić information content (AvgIpc) is 2.57. The zero-order valence-electron chi connectivity index (χ0n) is 13.6. The summed E-state index contributed by atoms with van der Waals surface area (Å²) in [6, 6.07) is 13.7. The van der Waals surface area contributed by atoms with E-state index in [4.69, 9.17) is 9.47 Å². The molecule has 0 radical (unpaired) electrons. The van der Waals surface area contributed by atoms with Crippen LogP contribution in [-0.2, 0) is 11.3 Å². The largest absolute Gasteiger partial charge is 0.493 e. The van der Waals surface area contributed by atoms with E-state index < -0.39 is 0 Å². The maximum absolute atomic E-state index is 12.0. The number of methoxy groups -OCH3 is 2. The minimum absolute atomic E-state index is 0.00583. The zero-order chi connectivity index (χ0) is 16.7. The van der Waals surface area contributed by atoms with E-state index in [-0.39, 0.29) is 5.91 Å². The van der Waals surface area contributed by atoms with Crippen molar-refractivity contribution in [3.05, 3.63) is 53.6 Å². The first-order valence-electron chi connectivity index (χ1n) is 7.29. The van der Waals surface area contributed by atoms with Gasteiger partial charge in [0.05, 0.1) is 20.0 Å². The summed E-state index contributed by atoms with van der Waals surface area (Å²) in [5.41, 5.74) is 2.30. The molecule has 0 atom stereocenters. The van der Waals surface area contributed by atoms with Crippen molar-refractivity contribution in [2.24, 2.45) is 0 Å². The van der Waals surface area contributed by atoms with E-state index in [1.165, 1.54) is 17.3 Å². The lowest BCUT2D eigenvalue weighted by Gasteiger charge is -2.09. The van der Waals surface area contributed by atoms with E-state index in [1.54, 1.807) is 14.2 Å². The molecule has 5 heteroatoms. The fraction of sp³-hybridized carbons (Fsp3) is 0.278. The van der Waals surface area contributed by atoms with Gasteiger partial charge in [0.2, 0.25) is 5.91 Å². The average molecular weight is 331 g/mol. The van der Waals surface area contributed by atoms with Crippen LogP contribution in [0.15, 0.2) is 47.4 Å². The summed E-state index contributed by atoms with van der Waals surface area (Å²) in [7, 11) is 3.20. The number of hydrogen-bond donors (Lipinski definition) is 1. The second-order valence-electron chi connectivity index (χ2n) is 5.07. The summed E-state index contributed by atoms with van der Waals surface area (Å²) >= 11 is 1.47. The lowest BCUT2D eigenvalue weighted by atomic mass is 10.1. The van der Waals surface area contributed by atoms with Crippen LogP contribution < -0.4 is 14.8 Å². The fourth-order valence-corrected chi connectivity index (χ4v) is 2.88. The van der Waals surface area contributed by atoms with E-state index in [9.17, 15) is 4.79 Å². The molecule has 122 valence electrons. The molecule has 1 N–H and O–H groups in total. The highest BCUT2D eigenvalue weighted by atomic mass is 32.2. The van der Waals surface area contributed by atoms with Crippen molar-refractivity contribution in [3.63, 3.8) is 0 Å². The minimum atomic E-state index is 0.00583. The number of carbonyl (C=O) groups is 1. The first-order chi connectivity index (χ1) is 11.1. The van der Waals surface area contributed by atoms with Crippen molar-refractivity contribution in [2.45, 2.75) is 18.4 Å². The van der Waals surface area contributed by atoms with Gasteiger partial charge in [0.1, 0.15) is 0 Å². The van der Waals surface area contributed by atoms with Crippen LogP contribution in [0.25, 0.3) is 0 Å². The highest BCUT2D eigenvalue weighted by molar-refractivity contribution is 8.00. The SMILES string of the molecule is COc1ccc(SCC(=O)NCc2cccc(C)c2)cc1OC. The number of amides is 1. The highest BCUT2D eigenvalue weighted by Crippen LogP contribution is 2.31. The van der Waals surface area contributed by atoms with Gasteiger partial charge in [0.25, 0.3) is 0 Å². The van der Waals surface area contributed by atoms with Gasteiger partial charge >= 0.3 is 0 Å². The van der Waals surface area contributed by atoms with Crippen molar-refractivity contribution in [1.82, 2.24) is 5.32 Å². The van der Waals surface area contributed by atoms with Gasteiger partial charge in [-0.1, -0.05) is 29.8 Å². The molecular formula is C18H21NO3S. The molecule has 0 unspecified atom stereocenters. The van der Waals surface area contributed by atoms with E-state index in [2.05, 4.69) is 11.4 Å². The number of hydrogen-bond acceptors (Lipinski definition) is 4. The fourth-order valence-electron chi connectivity index (χ4n) is 2.13. The van der Waals surface area contributed by atoms with Crippen LogP contribution in [0.2, 0.25) is 0 Å². The van der Waals surface area contributed by atoms with Gasteiger partial charge in [-0.3, -0.25) is 4.79 Å². The molecule has 0 aliphatic heterocycles. The van der Waals surface area contributed by atoms with Gasteiger partial charge in [0, 0.05) is 11.4 Å². The van der Waals surface area contributed by atoms with Crippen LogP contribution in [0.5, 0.6) is 11.5 Å². The zero-order valence-corrected chi connectivity index (χ0v) is 14.4. The van der Waals surface area contributed by atoms with Gasteiger partial charge in [-0.2, -0.15) is 0 Å². The molecular weight excluding hydrogens is 310 g/mol. The van der Waals surface area contributed by atoms with Crippen LogP contribution in [0.4, 0.5) is 0 Å². The molecule has 0 aliphatic rings. The number of carbonyl (C=O) groups excluding carboxylic acids is 1. The van der Waals surface area contributed by atoms with Crippen LogP contribution >= 0.6 is 11.8 Å². The van der Waals surface area contributed by atoms with Crippen molar-refractivity contribution < 1.29 is 14.3 Å². The lowest BCUT2D eigenvalue weighted by molar-refractivity contribution is -0.118. The topological polar surface area (TPSA) is 47.6 Å². The summed E-state index contributed by atoms with van der Waals surface area (Å²) in [6.07, 6.45) is 0. The van der Waals surface area contributed by atoms with Gasteiger partial charge in [-0.25, -0.2) is 0 Å². The lowest BCUT2D eigenvalue weighted by Crippen LogP contribution is -2.24. The van der Waals surface area contributed by atoms with Crippen molar-refractivity contribution >= 4 is 17.7 Å². The molecule has 2 rings (SSSR count). The van der Waals surface area contributed by atoms with Crippen LogP contribution in [0.1, 0.15) is 11.1 Å². The molecule has 0 heterocycles. The predicted molar refractivity (Wildman–Crippen MR) is 93.3 cm³/mol.